The lowest BCUT2D eigenvalue weighted by Gasteiger charge is -2.57. The van der Waals surface area contributed by atoms with Gasteiger partial charge in [0.25, 0.3) is 0 Å². The Hall–Kier alpha value is -2.43. The lowest BCUT2D eigenvalue weighted by molar-refractivity contribution is 0.109. The molecule has 3 aliphatic carbocycles. The van der Waals surface area contributed by atoms with Gasteiger partial charge >= 0.3 is 0 Å². The molecule has 3 aromatic rings. The van der Waals surface area contributed by atoms with Gasteiger partial charge in [0.2, 0.25) is 0 Å². The van der Waals surface area contributed by atoms with Crippen LogP contribution in [0, 0.1) is 5.92 Å². The average Bonchev–Trinajstić information content (AvgIpc) is 2.89. The van der Waals surface area contributed by atoms with Gasteiger partial charge in [0.1, 0.15) is 5.25 Å². The molecule has 34 heavy (non-hydrogen) atoms. The van der Waals surface area contributed by atoms with Gasteiger partial charge in [-0.25, -0.2) is 8.42 Å². The minimum Gasteiger partial charge on any atom is -0.297 e. The second kappa shape index (κ2) is 7.79. The molecule has 2 aliphatic heterocycles. The fraction of sp³-hybridized carbons (Fsp3) is 0.400. The minimum atomic E-state index is -3.28. The maximum Gasteiger partial charge on any atom is 0.163 e. The number of rotatable bonds is 3. The monoisotopic (exact) mass is 469 g/mol. The largest absolute Gasteiger partial charge is 0.297 e. The Balaban J connectivity index is 1.36. The number of likely N-dealkylation sites (tertiary alicyclic amines) is 1. The van der Waals surface area contributed by atoms with Crippen molar-refractivity contribution in [1.82, 2.24) is 4.90 Å². The average molecular weight is 470 g/mol. The summed E-state index contributed by atoms with van der Waals surface area (Å²) >= 11 is 0. The maximum absolute atomic E-state index is 14.2. The van der Waals surface area contributed by atoms with Crippen molar-refractivity contribution in [3.8, 4) is 0 Å². The van der Waals surface area contributed by atoms with E-state index in [4.69, 9.17) is 0 Å². The highest BCUT2D eigenvalue weighted by Crippen LogP contribution is 2.61. The van der Waals surface area contributed by atoms with Gasteiger partial charge in [-0.15, -0.1) is 0 Å². The molecule has 4 atom stereocenters. The summed E-state index contributed by atoms with van der Waals surface area (Å²) in [6, 6.07) is 27.7. The van der Waals surface area contributed by atoms with Gasteiger partial charge < -0.3 is 0 Å². The number of benzene rings is 3. The van der Waals surface area contributed by atoms with Crippen LogP contribution in [-0.4, -0.2) is 37.7 Å². The van der Waals surface area contributed by atoms with Crippen molar-refractivity contribution in [2.75, 3.05) is 13.1 Å². The molecule has 0 saturated carbocycles. The fourth-order valence-corrected chi connectivity index (χ4v) is 10.6. The third kappa shape index (κ3) is 2.88. The Bertz CT molecular complexity index is 1280. The number of hydrogen-bond donors (Lipinski definition) is 0. The first-order valence-corrected chi connectivity index (χ1v) is 14.5. The molecular weight excluding hydrogens is 438 g/mol. The molecule has 0 N–H and O–H groups in total. The Morgan fingerprint density at radius 3 is 1.85 bits per heavy atom. The summed E-state index contributed by atoms with van der Waals surface area (Å²) in [6.45, 7) is 2.04. The summed E-state index contributed by atoms with van der Waals surface area (Å²) < 4.78 is 28.4. The molecule has 0 aromatic heterocycles. The number of hydrogen-bond acceptors (Lipinski definition) is 3. The molecule has 8 rings (SSSR count). The normalized spacial score (nSPS) is 33.5. The first-order valence-electron chi connectivity index (χ1n) is 12.9. The molecule has 3 aromatic carbocycles. The van der Waals surface area contributed by atoms with Gasteiger partial charge in [-0.2, -0.15) is 0 Å². The zero-order chi connectivity index (χ0) is 22.9. The molecule has 0 radical (unpaired) electrons. The number of piperidine rings is 1. The minimum absolute atomic E-state index is 0.0800. The Morgan fingerprint density at radius 2 is 1.24 bits per heavy atom. The highest BCUT2D eigenvalue weighted by Gasteiger charge is 2.64. The number of nitrogens with zero attached hydrogens (tertiary/aromatic N) is 1. The topological polar surface area (TPSA) is 37.4 Å². The van der Waals surface area contributed by atoms with E-state index in [0.717, 1.165) is 25.1 Å². The highest BCUT2D eigenvalue weighted by molar-refractivity contribution is 7.93. The molecule has 4 heteroatoms. The van der Waals surface area contributed by atoms with E-state index in [1.807, 2.05) is 30.3 Å². The van der Waals surface area contributed by atoms with Gasteiger partial charge in [-0.1, -0.05) is 85.3 Å². The predicted molar refractivity (Wildman–Crippen MR) is 136 cm³/mol. The molecule has 174 valence electrons. The van der Waals surface area contributed by atoms with Crippen LogP contribution < -0.4 is 0 Å². The van der Waals surface area contributed by atoms with E-state index in [1.165, 1.54) is 41.5 Å². The van der Waals surface area contributed by atoms with Gasteiger partial charge in [0.05, 0.1) is 5.25 Å². The summed E-state index contributed by atoms with van der Waals surface area (Å²) in [6.07, 6.45) is 4.54. The molecule has 2 heterocycles. The van der Waals surface area contributed by atoms with E-state index in [2.05, 4.69) is 53.4 Å². The molecule has 2 saturated heterocycles. The zero-order valence-corrected chi connectivity index (χ0v) is 20.2. The standard InChI is InChI=1S/C30H31NO2S/c32-34(33)29(20-11-3-1-4-12-20)28(31-17-9-2-10-18-31)30(34)26-19-25-21-13-5-7-15-23(21)27(26)24-16-8-6-14-22(24)25/h1,3-8,11-16,25-30H,2,9-10,17-19H2/t25?,26-,27?,28+,29+,30+/m1/s1. The number of sulfone groups is 1. The van der Waals surface area contributed by atoms with Crippen molar-refractivity contribution in [3.63, 3.8) is 0 Å². The van der Waals surface area contributed by atoms with Crippen molar-refractivity contribution < 1.29 is 8.42 Å². The van der Waals surface area contributed by atoms with Crippen molar-refractivity contribution in [2.45, 2.75) is 54.1 Å². The molecule has 0 unspecified atom stereocenters. The van der Waals surface area contributed by atoms with Crippen LogP contribution >= 0.6 is 0 Å². The van der Waals surface area contributed by atoms with E-state index >= 15 is 0 Å². The smallest absolute Gasteiger partial charge is 0.163 e. The lowest BCUT2D eigenvalue weighted by Crippen LogP contribution is -2.66. The Kier molecular flexibility index (Phi) is 4.79. The van der Waals surface area contributed by atoms with Crippen LogP contribution in [0.4, 0.5) is 0 Å². The molecule has 2 bridgehead atoms. The van der Waals surface area contributed by atoms with Gasteiger partial charge in [-0.05, 0) is 66.1 Å². The summed E-state index contributed by atoms with van der Waals surface area (Å²) in [4.78, 5) is 2.53. The van der Waals surface area contributed by atoms with Crippen molar-refractivity contribution in [1.29, 1.82) is 0 Å². The van der Waals surface area contributed by atoms with Gasteiger partial charge in [0.15, 0.2) is 9.84 Å². The fourth-order valence-electron chi connectivity index (χ4n) is 7.79. The predicted octanol–water partition coefficient (Wildman–Crippen LogP) is 5.68. The quantitative estimate of drug-likeness (QED) is 0.496. The van der Waals surface area contributed by atoms with Crippen LogP contribution in [-0.2, 0) is 9.84 Å². The summed E-state index contributed by atoms with van der Waals surface area (Å²) in [7, 11) is -3.28. The zero-order valence-electron chi connectivity index (χ0n) is 19.4. The first kappa shape index (κ1) is 20.9. The van der Waals surface area contributed by atoms with E-state index in [1.54, 1.807) is 0 Å². The molecule has 0 spiro atoms. The van der Waals surface area contributed by atoms with E-state index < -0.39 is 15.1 Å². The van der Waals surface area contributed by atoms with E-state index in [9.17, 15) is 8.42 Å². The summed E-state index contributed by atoms with van der Waals surface area (Å²) in [5, 5.41) is -0.701. The van der Waals surface area contributed by atoms with Crippen LogP contribution in [0.15, 0.2) is 78.9 Å². The third-order valence-electron chi connectivity index (χ3n) is 9.09. The second-order valence-electron chi connectivity index (χ2n) is 10.7. The van der Waals surface area contributed by atoms with Crippen LogP contribution in [0.1, 0.15) is 70.6 Å². The number of fused-ring (bicyclic) bond motifs is 1. The summed E-state index contributed by atoms with van der Waals surface area (Å²) in [5.41, 5.74) is 6.51. The highest BCUT2D eigenvalue weighted by atomic mass is 32.2. The SMILES string of the molecule is O=S1(=O)[C@@H]([C@@H]2CC3c4ccccc4C2c2ccccc23)[C@@H](N2CCCCC2)[C@@H]1c1ccccc1. The Morgan fingerprint density at radius 1 is 0.676 bits per heavy atom. The van der Waals surface area contributed by atoms with Crippen LogP contribution in [0.3, 0.4) is 0 Å². The van der Waals surface area contributed by atoms with Gasteiger partial charge in [-0.3, -0.25) is 4.90 Å². The van der Waals surface area contributed by atoms with Crippen molar-refractivity contribution in [3.05, 3.63) is 107 Å². The molecule has 0 amide bonds. The lowest BCUT2D eigenvalue weighted by atomic mass is 9.57. The van der Waals surface area contributed by atoms with Crippen LogP contribution in [0.5, 0.6) is 0 Å². The van der Waals surface area contributed by atoms with Gasteiger partial charge in [0, 0.05) is 17.9 Å². The summed E-state index contributed by atoms with van der Waals surface area (Å²) in [5.74, 6) is 0.600. The maximum atomic E-state index is 14.2. The second-order valence-corrected chi connectivity index (χ2v) is 12.9. The van der Waals surface area contributed by atoms with E-state index in [-0.39, 0.29) is 23.1 Å². The third-order valence-corrected chi connectivity index (χ3v) is 11.7. The van der Waals surface area contributed by atoms with Crippen molar-refractivity contribution in [2.24, 2.45) is 5.92 Å². The van der Waals surface area contributed by atoms with Crippen LogP contribution in [0.2, 0.25) is 0 Å². The molecule has 5 aliphatic rings. The molecular formula is C30H31NO2S. The Labute approximate surface area is 202 Å². The first-order chi connectivity index (χ1) is 16.7. The molecule has 3 nitrogen and oxygen atoms in total. The molecule has 2 fully saturated rings. The van der Waals surface area contributed by atoms with Crippen molar-refractivity contribution >= 4 is 9.84 Å². The van der Waals surface area contributed by atoms with E-state index in [0.29, 0.717) is 5.92 Å². The van der Waals surface area contributed by atoms with Crippen LogP contribution in [0.25, 0.3) is 0 Å².